The number of carbonyl (C=O) groups excluding carboxylic acids is 2. The summed E-state index contributed by atoms with van der Waals surface area (Å²) in [6.07, 6.45) is 0. The number of rotatable bonds is 6. The highest BCUT2D eigenvalue weighted by Crippen LogP contribution is 2.37. The van der Waals surface area contributed by atoms with Gasteiger partial charge >= 0.3 is 0 Å². The number of carbonyl (C=O) groups is 2. The van der Waals surface area contributed by atoms with Crippen molar-refractivity contribution in [1.29, 1.82) is 0 Å². The smallest absolute Gasteiger partial charge is 0.256 e. The van der Waals surface area contributed by atoms with E-state index in [0.717, 1.165) is 21.5 Å². The number of phenols is 2. The fourth-order valence-electron chi connectivity index (χ4n) is 4.75. The average molecular weight is 557 g/mol. The van der Waals surface area contributed by atoms with Gasteiger partial charge in [-0.2, -0.15) is 0 Å². The van der Waals surface area contributed by atoms with Crippen LogP contribution < -0.4 is 10.6 Å². The summed E-state index contributed by atoms with van der Waals surface area (Å²) < 4.78 is 0. The van der Waals surface area contributed by atoms with E-state index >= 15 is 0 Å². The highest BCUT2D eigenvalue weighted by Gasteiger charge is 2.19. The lowest BCUT2D eigenvalue weighted by atomic mass is 10.1. The van der Waals surface area contributed by atoms with Crippen molar-refractivity contribution in [2.75, 3.05) is 10.6 Å². The van der Waals surface area contributed by atoms with Crippen molar-refractivity contribution in [2.24, 2.45) is 0 Å². The largest absolute Gasteiger partial charge is 0.506 e. The van der Waals surface area contributed by atoms with E-state index in [9.17, 15) is 19.8 Å². The van der Waals surface area contributed by atoms with E-state index < -0.39 is 0 Å². The van der Waals surface area contributed by atoms with Crippen LogP contribution in [-0.2, 0) is 0 Å². The molecule has 4 N–H and O–H groups in total. The zero-order valence-corrected chi connectivity index (χ0v) is 22.5. The van der Waals surface area contributed by atoms with Crippen molar-refractivity contribution >= 4 is 56.5 Å². The molecular formula is C34H24N2O4S. The van der Waals surface area contributed by atoms with Crippen molar-refractivity contribution < 1.29 is 19.8 Å². The topological polar surface area (TPSA) is 98.7 Å². The first-order valence-electron chi connectivity index (χ1n) is 12.9. The Hall–Kier alpha value is -5.27. The molecule has 6 rings (SSSR count). The summed E-state index contributed by atoms with van der Waals surface area (Å²) in [6, 6.07) is 35.9. The van der Waals surface area contributed by atoms with Gasteiger partial charge in [-0.25, -0.2) is 0 Å². The van der Waals surface area contributed by atoms with Crippen LogP contribution in [0.3, 0.4) is 0 Å². The fraction of sp³-hybridized carbons (Fsp3) is 0. The van der Waals surface area contributed by atoms with Gasteiger partial charge in [0.05, 0.1) is 22.5 Å². The van der Waals surface area contributed by atoms with Gasteiger partial charge in [0.1, 0.15) is 11.5 Å². The second kappa shape index (κ2) is 11.1. The quantitative estimate of drug-likeness (QED) is 0.156. The number of benzene rings is 6. The molecule has 6 nitrogen and oxygen atoms in total. The molecule has 7 heteroatoms. The van der Waals surface area contributed by atoms with Crippen LogP contribution in [0.1, 0.15) is 20.7 Å². The molecule has 0 aliphatic heterocycles. The minimum Gasteiger partial charge on any atom is -0.506 e. The number of phenolic OH excluding ortho intramolecular Hbond substituents is 2. The number of anilines is 2. The van der Waals surface area contributed by atoms with Crippen LogP contribution in [0.5, 0.6) is 11.5 Å². The minimum atomic E-state index is -0.387. The van der Waals surface area contributed by atoms with Crippen molar-refractivity contribution in [2.45, 2.75) is 9.79 Å². The molecular weight excluding hydrogens is 532 g/mol. The molecule has 200 valence electrons. The molecule has 0 aliphatic rings. The van der Waals surface area contributed by atoms with Gasteiger partial charge in [0.25, 0.3) is 11.8 Å². The normalized spacial score (nSPS) is 10.9. The average Bonchev–Trinajstić information content (AvgIpc) is 3.00. The van der Waals surface area contributed by atoms with E-state index in [1.807, 2.05) is 72.8 Å². The van der Waals surface area contributed by atoms with Crippen molar-refractivity contribution in [1.82, 2.24) is 0 Å². The molecule has 0 bridgehead atoms. The SMILES string of the molecule is O=C(Nc1c(O)ccc2ccccc12)c1ccccc1Sc1ccccc1C(=O)Nc1c(O)ccc2ccccc12. The number of amides is 2. The zero-order valence-electron chi connectivity index (χ0n) is 21.7. The number of fused-ring (bicyclic) bond motifs is 2. The lowest BCUT2D eigenvalue weighted by molar-refractivity contribution is 0.101. The number of hydrogen-bond acceptors (Lipinski definition) is 5. The third kappa shape index (κ3) is 5.18. The van der Waals surface area contributed by atoms with Gasteiger partial charge in [-0.3, -0.25) is 9.59 Å². The predicted octanol–water partition coefficient (Wildman–Crippen LogP) is 8.06. The van der Waals surface area contributed by atoms with Crippen LogP contribution in [0.15, 0.2) is 131 Å². The predicted molar refractivity (Wildman–Crippen MR) is 164 cm³/mol. The van der Waals surface area contributed by atoms with Gasteiger partial charge in [0, 0.05) is 20.6 Å². The third-order valence-corrected chi connectivity index (χ3v) is 7.93. The van der Waals surface area contributed by atoms with Crippen LogP contribution in [0.2, 0.25) is 0 Å². The van der Waals surface area contributed by atoms with E-state index in [2.05, 4.69) is 10.6 Å². The monoisotopic (exact) mass is 556 g/mol. The van der Waals surface area contributed by atoms with Gasteiger partial charge in [0.2, 0.25) is 0 Å². The van der Waals surface area contributed by atoms with Gasteiger partial charge in [-0.1, -0.05) is 96.7 Å². The molecule has 6 aromatic rings. The van der Waals surface area contributed by atoms with Gasteiger partial charge in [-0.05, 0) is 47.2 Å². The summed E-state index contributed by atoms with van der Waals surface area (Å²) >= 11 is 1.29. The van der Waals surface area contributed by atoms with E-state index in [1.165, 1.54) is 11.8 Å². The lowest BCUT2D eigenvalue weighted by Crippen LogP contribution is -2.14. The second-order valence-electron chi connectivity index (χ2n) is 9.36. The summed E-state index contributed by atoms with van der Waals surface area (Å²) in [5.41, 5.74) is 1.46. The van der Waals surface area contributed by atoms with Crippen molar-refractivity contribution in [3.8, 4) is 11.5 Å². The summed E-state index contributed by atoms with van der Waals surface area (Å²) in [7, 11) is 0. The Morgan fingerprint density at radius 3 is 1.34 bits per heavy atom. The summed E-state index contributed by atoms with van der Waals surface area (Å²) in [4.78, 5) is 28.3. The number of nitrogens with one attached hydrogen (secondary N) is 2. The maximum Gasteiger partial charge on any atom is 0.256 e. The Morgan fingerprint density at radius 2 is 0.878 bits per heavy atom. The van der Waals surface area contributed by atoms with E-state index in [0.29, 0.717) is 32.3 Å². The highest BCUT2D eigenvalue weighted by molar-refractivity contribution is 7.99. The third-order valence-electron chi connectivity index (χ3n) is 6.77. The zero-order chi connectivity index (χ0) is 28.3. The maximum absolute atomic E-state index is 13.5. The van der Waals surface area contributed by atoms with Crippen LogP contribution in [0.25, 0.3) is 21.5 Å². The van der Waals surface area contributed by atoms with Gasteiger partial charge < -0.3 is 20.8 Å². The Labute approximate surface area is 240 Å². The first-order valence-corrected chi connectivity index (χ1v) is 13.7. The molecule has 0 unspecified atom stereocenters. The van der Waals surface area contributed by atoms with Crippen LogP contribution in [0, 0.1) is 0 Å². The highest BCUT2D eigenvalue weighted by atomic mass is 32.2. The molecule has 0 aliphatic carbocycles. The van der Waals surface area contributed by atoms with E-state index in [-0.39, 0.29) is 23.3 Å². The molecule has 2 amide bonds. The molecule has 0 saturated heterocycles. The molecule has 0 atom stereocenters. The molecule has 0 spiro atoms. The Balaban J connectivity index is 1.30. The molecule has 0 aromatic heterocycles. The molecule has 0 radical (unpaired) electrons. The standard InChI is InChI=1S/C34H24N2O4S/c37-27-19-17-21-9-1-3-11-23(21)31(27)35-33(39)25-13-5-7-15-29(25)41-30-16-8-6-14-26(30)34(40)36-32-24-12-4-2-10-22(24)18-20-28(32)38/h1-20,37-38H,(H,35,39)(H,36,40). The maximum atomic E-state index is 13.5. The van der Waals surface area contributed by atoms with Crippen molar-refractivity contribution in [3.05, 3.63) is 132 Å². The summed E-state index contributed by atoms with van der Waals surface area (Å²) in [6.45, 7) is 0. The molecule has 41 heavy (non-hydrogen) atoms. The molecule has 0 fully saturated rings. The molecule has 0 saturated carbocycles. The number of hydrogen-bond donors (Lipinski definition) is 4. The summed E-state index contributed by atoms with van der Waals surface area (Å²) in [5.74, 6) is -0.827. The van der Waals surface area contributed by atoms with Crippen LogP contribution in [-0.4, -0.2) is 22.0 Å². The van der Waals surface area contributed by atoms with E-state index in [1.54, 1.807) is 48.5 Å². The van der Waals surface area contributed by atoms with E-state index in [4.69, 9.17) is 0 Å². The molecule has 0 heterocycles. The second-order valence-corrected chi connectivity index (χ2v) is 10.4. The fourth-order valence-corrected chi connectivity index (χ4v) is 5.82. The van der Waals surface area contributed by atoms with Crippen LogP contribution >= 0.6 is 11.8 Å². The number of aromatic hydroxyl groups is 2. The van der Waals surface area contributed by atoms with Crippen LogP contribution in [0.4, 0.5) is 11.4 Å². The first kappa shape index (κ1) is 26.0. The minimum absolute atomic E-state index is 0.0270. The Kier molecular flexibility index (Phi) is 7.02. The van der Waals surface area contributed by atoms with Gasteiger partial charge in [0.15, 0.2) is 0 Å². The lowest BCUT2D eigenvalue weighted by Gasteiger charge is -2.15. The summed E-state index contributed by atoms with van der Waals surface area (Å²) in [5, 5.41) is 30.1. The Bertz CT molecular complexity index is 1810. The molecule has 6 aromatic carbocycles. The van der Waals surface area contributed by atoms with Gasteiger partial charge in [-0.15, -0.1) is 0 Å². The Morgan fingerprint density at radius 1 is 0.488 bits per heavy atom. The first-order chi connectivity index (χ1) is 20.0. The van der Waals surface area contributed by atoms with Crippen molar-refractivity contribution in [3.63, 3.8) is 0 Å².